The summed E-state index contributed by atoms with van der Waals surface area (Å²) >= 11 is 0. The second-order valence-corrected chi connectivity index (χ2v) is 6.06. The lowest BCUT2D eigenvalue weighted by Crippen LogP contribution is -2.48. The first kappa shape index (κ1) is 14.1. The highest BCUT2D eigenvalue weighted by atomic mass is 16.4. The van der Waals surface area contributed by atoms with Crippen molar-refractivity contribution in [1.82, 2.24) is 20.0 Å². The molecule has 0 spiro atoms. The topological polar surface area (TPSA) is 87.5 Å². The van der Waals surface area contributed by atoms with Gasteiger partial charge in [-0.1, -0.05) is 0 Å². The molecule has 0 saturated carbocycles. The summed E-state index contributed by atoms with van der Waals surface area (Å²) in [5.41, 5.74) is -0.0535. The summed E-state index contributed by atoms with van der Waals surface area (Å²) in [5, 5.41) is 15.9. The summed E-state index contributed by atoms with van der Waals surface area (Å²) in [4.78, 5) is 25.8. The molecule has 2 aliphatic heterocycles. The summed E-state index contributed by atoms with van der Waals surface area (Å²) in [7, 11) is 3.75. The van der Waals surface area contributed by atoms with Gasteiger partial charge >= 0.3 is 5.97 Å². The maximum Gasteiger partial charge on any atom is 0.357 e. The molecule has 3 heterocycles. The summed E-state index contributed by atoms with van der Waals surface area (Å²) in [6.45, 7) is 0. The predicted octanol–water partition coefficient (Wildman–Crippen LogP) is 0.473. The molecule has 2 fully saturated rings. The molecular formula is C14H20N4O3. The number of carbonyl (C=O) groups excluding carboxylic acids is 1. The molecule has 2 N–H and O–H groups in total. The van der Waals surface area contributed by atoms with Gasteiger partial charge in [0.1, 0.15) is 0 Å². The van der Waals surface area contributed by atoms with Crippen molar-refractivity contribution in [2.75, 3.05) is 7.05 Å². The van der Waals surface area contributed by atoms with Crippen LogP contribution in [-0.2, 0) is 7.05 Å². The van der Waals surface area contributed by atoms with Crippen LogP contribution in [0.2, 0.25) is 0 Å². The molecule has 0 aromatic carbocycles. The van der Waals surface area contributed by atoms with Gasteiger partial charge in [0, 0.05) is 31.4 Å². The number of hydrogen-bond donors (Lipinski definition) is 2. The quantitative estimate of drug-likeness (QED) is 0.846. The summed E-state index contributed by atoms with van der Waals surface area (Å²) in [6, 6.07) is 1.18. The number of nitrogens with one attached hydrogen (secondary N) is 1. The lowest BCUT2D eigenvalue weighted by atomic mass is 9.97. The average Bonchev–Trinajstić information content (AvgIpc) is 2.88. The number of aromatic carboxylic acids is 1. The zero-order valence-electron chi connectivity index (χ0n) is 12.2. The third-order valence-electron chi connectivity index (χ3n) is 4.71. The number of aryl methyl sites for hydroxylation is 1. The Morgan fingerprint density at radius 2 is 1.90 bits per heavy atom. The number of amides is 1. The largest absolute Gasteiger partial charge is 0.476 e. The number of aromatic nitrogens is 2. The number of carboxylic acids is 1. The van der Waals surface area contributed by atoms with Crippen molar-refractivity contribution >= 4 is 11.9 Å². The van der Waals surface area contributed by atoms with E-state index in [9.17, 15) is 9.59 Å². The van der Waals surface area contributed by atoms with Crippen LogP contribution >= 0.6 is 0 Å². The lowest BCUT2D eigenvalue weighted by Gasteiger charge is -2.36. The van der Waals surface area contributed by atoms with Crippen LogP contribution in [0.25, 0.3) is 0 Å². The highest BCUT2D eigenvalue weighted by molar-refractivity contribution is 6.03. The van der Waals surface area contributed by atoms with Crippen LogP contribution < -0.4 is 5.32 Å². The van der Waals surface area contributed by atoms with E-state index in [1.54, 1.807) is 7.05 Å². The fourth-order valence-electron chi connectivity index (χ4n) is 3.61. The van der Waals surface area contributed by atoms with Crippen LogP contribution in [0.3, 0.4) is 0 Å². The third-order valence-corrected chi connectivity index (χ3v) is 4.71. The molecule has 3 rings (SSSR count). The van der Waals surface area contributed by atoms with Crippen molar-refractivity contribution in [3.8, 4) is 0 Å². The van der Waals surface area contributed by atoms with E-state index in [1.165, 1.54) is 23.7 Å². The van der Waals surface area contributed by atoms with Crippen molar-refractivity contribution in [3.63, 3.8) is 0 Å². The van der Waals surface area contributed by atoms with Gasteiger partial charge in [-0.2, -0.15) is 5.10 Å². The monoisotopic (exact) mass is 292 g/mol. The number of carboxylic acid groups (broad SMARTS) is 1. The van der Waals surface area contributed by atoms with Crippen molar-refractivity contribution in [3.05, 3.63) is 17.5 Å². The number of carbonyl (C=O) groups is 2. The highest BCUT2D eigenvalue weighted by Crippen LogP contribution is 2.34. The number of rotatable bonds is 3. The van der Waals surface area contributed by atoms with E-state index < -0.39 is 5.97 Å². The van der Waals surface area contributed by atoms with Crippen molar-refractivity contribution < 1.29 is 14.7 Å². The average molecular weight is 292 g/mol. The first-order chi connectivity index (χ1) is 9.95. The van der Waals surface area contributed by atoms with Crippen molar-refractivity contribution in [2.24, 2.45) is 7.05 Å². The summed E-state index contributed by atoms with van der Waals surface area (Å²) < 4.78 is 1.36. The molecule has 1 aromatic rings. The Labute approximate surface area is 122 Å². The zero-order valence-corrected chi connectivity index (χ0v) is 12.2. The molecule has 2 unspecified atom stereocenters. The van der Waals surface area contributed by atoms with E-state index in [0.29, 0.717) is 12.1 Å². The van der Waals surface area contributed by atoms with Crippen LogP contribution in [0.4, 0.5) is 0 Å². The number of hydrogen-bond acceptors (Lipinski definition) is 4. The summed E-state index contributed by atoms with van der Waals surface area (Å²) in [5.74, 6) is -1.52. The molecule has 2 atom stereocenters. The predicted molar refractivity (Wildman–Crippen MR) is 75.2 cm³/mol. The molecule has 0 radical (unpaired) electrons. The third kappa shape index (κ3) is 2.53. The molecule has 7 nitrogen and oxygen atoms in total. The molecule has 1 aromatic heterocycles. The number of nitrogens with zero attached hydrogens (tertiary/aromatic N) is 3. The molecule has 2 saturated heterocycles. The Balaban J connectivity index is 1.71. The minimum absolute atomic E-state index is 0.119. The lowest BCUT2D eigenvalue weighted by molar-refractivity contribution is 0.0682. The fraction of sp³-hybridized carbons (Fsp3) is 0.643. The standard InChI is InChI=1S/C14H20N4O3/c1-17-7-11(12(16-17)14(20)21)13(19)15-8-5-9-3-4-10(6-8)18(9)2/h7-10H,3-6H2,1-2H3,(H,15,19)(H,20,21). The Kier molecular flexibility index (Phi) is 3.44. The van der Waals surface area contributed by atoms with Crippen LogP contribution in [0.15, 0.2) is 6.20 Å². The van der Waals surface area contributed by atoms with Crippen molar-refractivity contribution in [2.45, 2.75) is 43.8 Å². The molecule has 114 valence electrons. The van der Waals surface area contributed by atoms with Gasteiger partial charge < -0.3 is 15.3 Å². The minimum atomic E-state index is -1.18. The van der Waals surface area contributed by atoms with Gasteiger partial charge in [0.05, 0.1) is 5.56 Å². The van der Waals surface area contributed by atoms with Gasteiger partial charge in [-0.05, 0) is 32.7 Å². The van der Waals surface area contributed by atoms with Crippen LogP contribution in [0, 0.1) is 0 Å². The first-order valence-electron chi connectivity index (χ1n) is 7.25. The van der Waals surface area contributed by atoms with Crippen molar-refractivity contribution in [1.29, 1.82) is 0 Å². The summed E-state index contributed by atoms with van der Waals surface area (Å²) in [6.07, 6.45) is 5.69. The van der Waals surface area contributed by atoms with Gasteiger partial charge in [0.25, 0.3) is 5.91 Å². The number of piperidine rings is 1. The van der Waals surface area contributed by atoms with E-state index in [2.05, 4.69) is 22.4 Å². The second-order valence-electron chi connectivity index (χ2n) is 6.06. The zero-order chi connectivity index (χ0) is 15.1. The molecule has 2 aliphatic rings. The van der Waals surface area contributed by atoms with E-state index in [4.69, 9.17) is 5.11 Å². The highest BCUT2D eigenvalue weighted by Gasteiger charge is 2.39. The van der Waals surface area contributed by atoms with Gasteiger partial charge in [-0.15, -0.1) is 0 Å². The van der Waals surface area contributed by atoms with E-state index in [-0.39, 0.29) is 23.2 Å². The maximum atomic E-state index is 12.3. The molecule has 0 aliphatic carbocycles. The van der Waals surface area contributed by atoms with Crippen LogP contribution in [-0.4, -0.2) is 56.8 Å². The Morgan fingerprint density at radius 3 is 2.48 bits per heavy atom. The maximum absolute atomic E-state index is 12.3. The molecule has 21 heavy (non-hydrogen) atoms. The molecule has 2 bridgehead atoms. The van der Waals surface area contributed by atoms with Gasteiger partial charge in [-0.25, -0.2) is 4.79 Å². The SMILES string of the molecule is CN1C2CCC1CC(NC(=O)c1cn(C)nc1C(=O)O)C2. The first-order valence-corrected chi connectivity index (χ1v) is 7.25. The van der Waals surface area contributed by atoms with E-state index in [1.807, 2.05) is 0 Å². The normalized spacial score (nSPS) is 28.6. The molecule has 7 heteroatoms. The van der Waals surface area contributed by atoms with Gasteiger partial charge in [0.15, 0.2) is 5.69 Å². The minimum Gasteiger partial charge on any atom is -0.476 e. The Morgan fingerprint density at radius 1 is 1.29 bits per heavy atom. The second kappa shape index (κ2) is 5.14. The number of fused-ring (bicyclic) bond motifs is 2. The molecular weight excluding hydrogens is 272 g/mol. The van der Waals surface area contributed by atoms with E-state index >= 15 is 0 Å². The molecule has 1 amide bonds. The Hall–Kier alpha value is -1.89. The Bertz CT molecular complexity index is 569. The van der Waals surface area contributed by atoms with E-state index in [0.717, 1.165) is 12.8 Å². The fourth-order valence-corrected chi connectivity index (χ4v) is 3.61. The van der Waals surface area contributed by atoms with Crippen LogP contribution in [0.1, 0.15) is 46.5 Å². The van der Waals surface area contributed by atoms with Gasteiger partial charge in [-0.3, -0.25) is 9.48 Å². The van der Waals surface area contributed by atoms with Gasteiger partial charge in [0.2, 0.25) is 0 Å². The van der Waals surface area contributed by atoms with Crippen LogP contribution in [0.5, 0.6) is 0 Å². The smallest absolute Gasteiger partial charge is 0.357 e.